The third-order valence-corrected chi connectivity index (χ3v) is 9.92. The highest BCUT2D eigenvalue weighted by atomic mass is 16.5. The molecular formula is C42H77N3O6. The second kappa shape index (κ2) is 32.2. The molecule has 1 aromatic rings. The van der Waals surface area contributed by atoms with Crippen LogP contribution in [-0.2, 0) is 19.1 Å². The number of rotatable bonds is 37. The van der Waals surface area contributed by atoms with Crippen molar-refractivity contribution in [2.75, 3.05) is 50.5 Å². The fourth-order valence-corrected chi connectivity index (χ4v) is 6.63. The molecule has 1 unspecified atom stereocenters. The van der Waals surface area contributed by atoms with Crippen LogP contribution in [0.2, 0.25) is 0 Å². The van der Waals surface area contributed by atoms with Gasteiger partial charge in [-0.15, -0.1) is 0 Å². The molecule has 0 bridgehead atoms. The third kappa shape index (κ3) is 23.7. The van der Waals surface area contributed by atoms with Crippen LogP contribution in [0.1, 0.15) is 188 Å². The van der Waals surface area contributed by atoms with Crippen LogP contribution < -0.4 is 21.5 Å². The summed E-state index contributed by atoms with van der Waals surface area (Å²) in [5.41, 5.74) is -0.107. The number of carbonyl (C=O) groups excluding carboxylic acids is 2. The Hall–Kier alpha value is -2.42. The molecule has 0 fully saturated rings. The Morgan fingerprint density at radius 1 is 0.569 bits per heavy atom. The molecule has 0 amide bonds. The lowest BCUT2D eigenvalue weighted by Gasteiger charge is -2.23. The SMILES string of the molecule is CCCCCCCC(CCCCCC)OC(=O)CCCCCCCN(CCCCCCCC(=O)OCCCCC)CCNc1c(NC)c(=O)c1=O. The fraction of sp³-hybridized carbons (Fsp3) is 0.857. The molecule has 0 saturated carbocycles. The van der Waals surface area contributed by atoms with Gasteiger partial charge in [0.25, 0.3) is 10.9 Å². The maximum Gasteiger partial charge on any atom is 0.306 e. The molecule has 0 aliphatic rings. The summed E-state index contributed by atoms with van der Waals surface area (Å²) < 4.78 is 11.3. The van der Waals surface area contributed by atoms with Crippen LogP contribution in [0.3, 0.4) is 0 Å². The average molecular weight is 720 g/mol. The van der Waals surface area contributed by atoms with Gasteiger partial charge in [0.2, 0.25) is 0 Å². The number of hydrogen-bond donors (Lipinski definition) is 2. The van der Waals surface area contributed by atoms with Gasteiger partial charge in [-0.3, -0.25) is 19.2 Å². The minimum Gasteiger partial charge on any atom is -0.466 e. The second-order valence-corrected chi connectivity index (χ2v) is 14.6. The highest BCUT2D eigenvalue weighted by molar-refractivity contribution is 5.73. The predicted molar refractivity (Wildman–Crippen MR) is 214 cm³/mol. The summed E-state index contributed by atoms with van der Waals surface area (Å²) in [7, 11) is 1.66. The van der Waals surface area contributed by atoms with Crippen LogP contribution in [0.25, 0.3) is 0 Å². The summed E-state index contributed by atoms with van der Waals surface area (Å²) in [5.74, 6) is -0.0912. The Labute approximate surface area is 311 Å². The topological polar surface area (TPSA) is 114 Å². The van der Waals surface area contributed by atoms with Crippen LogP contribution in [0.15, 0.2) is 9.59 Å². The van der Waals surface area contributed by atoms with Crippen LogP contribution >= 0.6 is 0 Å². The second-order valence-electron chi connectivity index (χ2n) is 14.6. The van der Waals surface area contributed by atoms with Gasteiger partial charge in [-0.2, -0.15) is 0 Å². The zero-order valence-electron chi connectivity index (χ0n) is 33.4. The number of carbonyl (C=O) groups is 2. The Balaban J connectivity index is 2.36. The molecule has 0 aromatic heterocycles. The van der Waals surface area contributed by atoms with E-state index < -0.39 is 10.9 Å². The molecule has 0 spiro atoms. The van der Waals surface area contributed by atoms with Gasteiger partial charge in [-0.25, -0.2) is 0 Å². The average Bonchev–Trinajstić information content (AvgIpc) is 3.13. The number of esters is 2. The number of nitrogens with zero attached hydrogens (tertiary/aromatic N) is 1. The summed E-state index contributed by atoms with van der Waals surface area (Å²) in [6, 6.07) is 0. The quantitative estimate of drug-likeness (QED) is 0.0394. The highest BCUT2D eigenvalue weighted by Gasteiger charge is 2.19. The van der Waals surface area contributed by atoms with Crippen LogP contribution in [0, 0.1) is 0 Å². The maximum absolute atomic E-state index is 12.7. The van der Waals surface area contributed by atoms with Gasteiger partial charge >= 0.3 is 11.9 Å². The molecule has 0 saturated heterocycles. The van der Waals surface area contributed by atoms with Crippen molar-refractivity contribution in [2.24, 2.45) is 0 Å². The van der Waals surface area contributed by atoms with Crippen molar-refractivity contribution in [3.05, 3.63) is 20.4 Å². The molecule has 2 N–H and O–H groups in total. The van der Waals surface area contributed by atoms with Crippen LogP contribution in [-0.4, -0.2) is 62.8 Å². The minimum atomic E-state index is -0.449. The molecular weight excluding hydrogens is 642 g/mol. The van der Waals surface area contributed by atoms with Crippen molar-refractivity contribution in [3.8, 4) is 0 Å². The summed E-state index contributed by atoms with van der Waals surface area (Å²) in [6.45, 7) is 10.5. The highest BCUT2D eigenvalue weighted by Crippen LogP contribution is 2.18. The predicted octanol–water partition coefficient (Wildman–Crippen LogP) is 9.70. The third-order valence-electron chi connectivity index (χ3n) is 9.92. The standard InChI is InChI=1S/C42H77N3O6/c1-5-8-11-15-21-28-36(27-20-12-9-6-2)51-38(47)30-23-17-14-19-25-33-45(34-31-44-40-39(43-4)41(48)42(40)49)32-24-18-13-16-22-29-37(46)50-35-26-10-7-3/h36,43-44H,5-35H2,1-4H3. The first-order chi connectivity index (χ1) is 24.9. The molecule has 0 aliphatic heterocycles. The largest absolute Gasteiger partial charge is 0.466 e. The summed E-state index contributed by atoms with van der Waals surface area (Å²) in [6.07, 6.45) is 27.8. The van der Waals surface area contributed by atoms with E-state index in [2.05, 4.69) is 36.3 Å². The monoisotopic (exact) mass is 720 g/mol. The molecule has 1 rings (SSSR count). The molecule has 0 aliphatic carbocycles. The van der Waals surface area contributed by atoms with Gasteiger partial charge in [0.05, 0.1) is 6.61 Å². The van der Waals surface area contributed by atoms with Crippen molar-refractivity contribution in [3.63, 3.8) is 0 Å². The van der Waals surface area contributed by atoms with Crippen LogP contribution in [0.5, 0.6) is 0 Å². The molecule has 296 valence electrons. The van der Waals surface area contributed by atoms with E-state index in [0.29, 0.717) is 37.4 Å². The Morgan fingerprint density at radius 3 is 1.63 bits per heavy atom. The first-order valence-electron chi connectivity index (χ1n) is 21.2. The van der Waals surface area contributed by atoms with Gasteiger partial charge in [0, 0.05) is 33.0 Å². The fourth-order valence-electron chi connectivity index (χ4n) is 6.63. The van der Waals surface area contributed by atoms with E-state index in [9.17, 15) is 19.2 Å². The first kappa shape index (κ1) is 46.6. The smallest absolute Gasteiger partial charge is 0.306 e. The van der Waals surface area contributed by atoms with Gasteiger partial charge in [-0.1, -0.05) is 117 Å². The summed E-state index contributed by atoms with van der Waals surface area (Å²) in [5, 5.41) is 6.00. The van der Waals surface area contributed by atoms with Crippen molar-refractivity contribution in [1.29, 1.82) is 0 Å². The van der Waals surface area contributed by atoms with E-state index in [0.717, 1.165) is 129 Å². The van der Waals surface area contributed by atoms with Gasteiger partial charge in [-0.05, 0) is 70.9 Å². The number of nitrogens with one attached hydrogen (secondary N) is 2. The zero-order chi connectivity index (χ0) is 37.4. The van der Waals surface area contributed by atoms with E-state index in [-0.39, 0.29) is 18.0 Å². The summed E-state index contributed by atoms with van der Waals surface area (Å²) in [4.78, 5) is 50.7. The normalized spacial score (nSPS) is 12.0. The first-order valence-corrected chi connectivity index (χ1v) is 21.2. The van der Waals surface area contributed by atoms with Crippen molar-refractivity contribution < 1.29 is 19.1 Å². The number of anilines is 2. The van der Waals surface area contributed by atoms with Crippen LogP contribution in [0.4, 0.5) is 11.4 Å². The molecule has 1 atom stereocenters. The lowest BCUT2D eigenvalue weighted by molar-refractivity contribution is -0.150. The number of unbranched alkanes of at least 4 members (excludes halogenated alkanes) is 17. The molecule has 51 heavy (non-hydrogen) atoms. The van der Waals surface area contributed by atoms with E-state index in [1.165, 1.54) is 44.9 Å². The molecule has 1 aromatic carbocycles. The maximum atomic E-state index is 12.7. The molecule has 9 heteroatoms. The van der Waals surface area contributed by atoms with Gasteiger partial charge in [0.15, 0.2) is 0 Å². The Kier molecular flexibility index (Phi) is 29.5. The zero-order valence-corrected chi connectivity index (χ0v) is 33.4. The lowest BCUT2D eigenvalue weighted by atomic mass is 10.0. The van der Waals surface area contributed by atoms with Gasteiger partial charge in [0.1, 0.15) is 17.5 Å². The summed E-state index contributed by atoms with van der Waals surface area (Å²) >= 11 is 0. The van der Waals surface area contributed by atoms with Crippen molar-refractivity contribution in [2.45, 2.75) is 194 Å². The number of ether oxygens (including phenoxy) is 2. The molecule has 0 radical (unpaired) electrons. The Morgan fingerprint density at radius 2 is 1.04 bits per heavy atom. The molecule has 9 nitrogen and oxygen atoms in total. The minimum absolute atomic E-state index is 0.0201. The lowest BCUT2D eigenvalue weighted by Crippen LogP contribution is -2.38. The van der Waals surface area contributed by atoms with E-state index in [1.807, 2.05) is 0 Å². The van der Waals surface area contributed by atoms with E-state index in [1.54, 1.807) is 7.05 Å². The van der Waals surface area contributed by atoms with E-state index >= 15 is 0 Å². The van der Waals surface area contributed by atoms with Crippen molar-refractivity contribution >= 4 is 23.3 Å². The van der Waals surface area contributed by atoms with Crippen molar-refractivity contribution in [1.82, 2.24) is 4.90 Å². The Bertz CT molecular complexity index is 1070. The van der Waals surface area contributed by atoms with E-state index in [4.69, 9.17) is 9.47 Å². The van der Waals surface area contributed by atoms with Gasteiger partial charge < -0.3 is 25.0 Å². The number of hydrogen-bond acceptors (Lipinski definition) is 9. The molecule has 0 heterocycles.